The van der Waals surface area contributed by atoms with E-state index in [2.05, 4.69) is 5.16 Å². The van der Waals surface area contributed by atoms with E-state index in [0.29, 0.717) is 18.8 Å². The second-order valence-corrected chi connectivity index (χ2v) is 3.45. The van der Waals surface area contributed by atoms with Gasteiger partial charge in [0.25, 0.3) is 0 Å². The van der Waals surface area contributed by atoms with Crippen LogP contribution in [0, 0.1) is 0 Å². The number of ether oxygens (including phenoxy) is 2. The van der Waals surface area contributed by atoms with Gasteiger partial charge in [-0.05, 0) is 25.5 Å². The average Bonchev–Trinajstić information content (AvgIpc) is 2.36. The Morgan fingerprint density at radius 2 is 2.12 bits per heavy atom. The average molecular weight is 238 g/mol. The lowest BCUT2D eigenvalue weighted by Crippen LogP contribution is -2.33. The van der Waals surface area contributed by atoms with Crippen LogP contribution in [0.2, 0.25) is 0 Å². The molecule has 0 bridgehead atoms. The van der Waals surface area contributed by atoms with Crippen molar-refractivity contribution in [1.29, 1.82) is 0 Å². The molecule has 0 saturated carbocycles. The van der Waals surface area contributed by atoms with E-state index in [-0.39, 0.29) is 5.84 Å². The van der Waals surface area contributed by atoms with Gasteiger partial charge in [-0.1, -0.05) is 18.1 Å². The van der Waals surface area contributed by atoms with Crippen molar-refractivity contribution in [3.63, 3.8) is 0 Å². The fraction of sp³-hybridized carbons (Fsp3) is 0.417. The molecule has 0 aliphatic heterocycles. The van der Waals surface area contributed by atoms with Crippen molar-refractivity contribution in [2.45, 2.75) is 26.4 Å². The maximum Gasteiger partial charge on any atom is 0.180 e. The molecule has 0 spiro atoms. The van der Waals surface area contributed by atoms with E-state index < -0.39 is 6.10 Å². The van der Waals surface area contributed by atoms with Crippen LogP contribution in [0.5, 0.6) is 11.5 Å². The van der Waals surface area contributed by atoms with Crippen LogP contribution in [0.25, 0.3) is 0 Å². The Balaban J connectivity index is 2.75. The number of amidine groups is 1. The molecule has 0 aromatic heterocycles. The highest BCUT2D eigenvalue weighted by molar-refractivity contribution is 5.84. The zero-order chi connectivity index (χ0) is 12.7. The first-order valence-corrected chi connectivity index (χ1v) is 5.58. The van der Waals surface area contributed by atoms with Gasteiger partial charge in [-0.3, -0.25) is 0 Å². The molecule has 17 heavy (non-hydrogen) atoms. The van der Waals surface area contributed by atoms with Gasteiger partial charge >= 0.3 is 0 Å². The molecule has 3 N–H and O–H groups in total. The monoisotopic (exact) mass is 238 g/mol. The topological polar surface area (TPSA) is 77.1 Å². The van der Waals surface area contributed by atoms with Crippen LogP contribution in [0.1, 0.15) is 20.3 Å². The van der Waals surface area contributed by atoms with Gasteiger partial charge in [0.15, 0.2) is 11.9 Å². The number of rotatable bonds is 6. The van der Waals surface area contributed by atoms with E-state index in [9.17, 15) is 0 Å². The minimum Gasteiger partial charge on any atom is -0.494 e. The summed E-state index contributed by atoms with van der Waals surface area (Å²) in [6.07, 6.45) is 0.186. The molecule has 0 aliphatic rings. The number of benzene rings is 1. The summed E-state index contributed by atoms with van der Waals surface area (Å²) < 4.78 is 11.0. The molecule has 5 heteroatoms. The summed E-state index contributed by atoms with van der Waals surface area (Å²) in [4.78, 5) is 0. The van der Waals surface area contributed by atoms with E-state index in [1.54, 1.807) is 12.1 Å². The van der Waals surface area contributed by atoms with Gasteiger partial charge in [0.2, 0.25) is 0 Å². The minimum absolute atomic E-state index is 0.0642. The van der Waals surface area contributed by atoms with Crippen LogP contribution in [0.3, 0.4) is 0 Å². The highest BCUT2D eigenvalue weighted by Crippen LogP contribution is 2.21. The van der Waals surface area contributed by atoms with Gasteiger partial charge in [0.05, 0.1) is 6.61 Å². The minimum atomic E-state index is -0.433. The number of hydrogen-bond donors (Lipinski definition) is 2. The van der Waals surface area contributed by atoms with Gasteiger partial charge in [-0.25, -0.2) is 0 Å². The summed E-state index contributed by atoms with van der Waals surface area (Å²) in [5.41, 5.74) is 5.52. The van der Waals surface area contributed by atoms with Crippen molar-refractivity contribution in [3.8, 4) is 11.5 Å². The number of nitrogens with zero attached hydrogens (tertiary/aromatic N) is 1. The molecular weight excluding hydrogens is 220 g/mol. The Morgan fingerprint density at radius 1 is 1.41 bits per heavy atom. The van der Waals surface area contributed by atoms with Crippen LogP contribution < -0.4 is 15.2 Å². The molecule has 0 aliphatic carbocycles. The second-order valence-electron chi connectivity index (χ2n) is 3.45. The van der Waals surface area contributed by atoms with Crippen molar-refractivity contribution in [3.05, 3.63) is 24.3 Å². The third-order valence-corrected chi connectivity index (χ3v) is 2.21. The summed E-state index contributed by atoms with van der Waals surface area (Å²) in [6.45, 7) is 4.41. The van der Waals surface area contributed by atoms with Gasteiger partial charge in [0, 0.05) is 6.07 Å². The molecule has 0 radical (unpaired) electrons. The number of hydrogen-bond acceptors (Lipinski definition) is 4. The molecule has 5 nitrogen and oxygen atoms in total. The second kappa shape index (κ2) is 6.62. The molecule has 0 amide bonds. The zero-order valence-electron chi connectivity index (χ0n) is 10.1. The van der Waals surface area contributed by atoms with Gasteiger partial charge in [-0.15, -0.1) is 0 Å². The lowest BCUT2D eigenvalue weighted by molar-refractivity contribution is 0.245. The summed E-state index contributed by atoms with van der Waals surface area (Å²) >= 11 is 0. The van der Waals surface area contributed by atoms with E-state index in [0.717, 1.165) is 5.75 Å². The quantitative estimate of drug-likeness (QED) is 0.344. The molecule has 1 unspecified atom stereocenters. The number of oxime groups is 1. The molecular formula is C12H18N2O3. The summed E-state index contributed by atoms with van der Waals surface area (Å²) in [5, 5.41) is 11.6. The van der Waals surface area contributed by atoms with Gasteiger partial charge in [-0.2, -0.15) is 0 Å². The number of nitrogens with two attached hydrogens (primary N) is 1. The molecule has 1 atom stereocenters. The van der Waals surface area contributed by atoms with Crippen LogP contribution >= 0.6 is 0 Å². The maximum atomic E-state index is 8.61. The Bertz CT molecular complexity index is 380. The largest absolute Gasteiger partial charge is 0.494 e. The lowest BCUT2D eigenvalue weighted by atomic mass is 10.2. The molecule has 0 fully saturated rings. The first kappa shape index (κ1) is 13.2. The highest BCUT2D eigenvalue weighted by atomic mass is 16.5. The Labute approximate surface area is 101 Å². The fourth-order valence-corrected chi connectivity index (χ4v) is 1.39. The molecule has 0 saturated heterocycles. The van der Waals surface area contributed by atoms with Crippen molar-refractivity contribution in [2.75, 3.05) is 6.61 Å². The van der Waals surface area contributed by atoms with Gasteiger partial charge < -0.3 is 20.4 Å². The van der Waals surface area contributed by atoms with Gasteiger partial charge in [0.1, 0.15) is 11.5 Å². The molecule has 0 heterocycles. The molecule has 1 aromatic rings. The highest BCUT2D eigenvalue weighted by Gasteiger charge is 2.13. The summed E-state index contributed by atoms with van der Waals surface area (Å²) in [6, 6.07) is 7.26. The molecule has 1 aromatic carbocycles. The lowest BCUT2D eigenvalue weighted by Gasteiger charge is -2.16. The van der Waals surface area contributed by atoms with E-state index in [1.807, 2.05) is 26.0 Å². The molecule has 1 rings (SSSR count). The SMILES string of the molecule is CCOc1cccc(OC(CC)/C(N)=N/O)c1. The predicted octanol–water partition coefficient (Wildman–Crippen LogP) is 1.99. The molecule has 94 valence electrons. The standard InChI is InChI=1S/C12H18N2O3/c1-3-11(12(13)14-15)17-10-7-5-6-9(8-10)16-4-2/h5-8,11,15H,3-4H2,1-2H3,(H2,13,14). The van der Waals surface area contributed by atoms with Crippen LogP contribution in [0.4, 0.5) is 0 Å². The van der Waals surface area contributed by atoms with Crippen LogP contribution in [-0.4, -0.2) is 23.8 Å². The normalized spacial score (nSPS) is 13.2. The van der Waals surface area contributed by atoms with Crippen LogP contribution in [-0.2, 0) is 0 Å². The maximum absolute atomic E-state index is 8.61. The summed E-state index contributed by atoms with van der Waals surface area (Å²) in [5.74, 6) is 1.43. The smallest absolute Gasteiger partial charge is 0.180 e. The predicted molar refractivity (Wildman–Crippen MR) is 65.7 cm³/mol. The van der Waals surface area contributed by atoms with E-state index in [4.69, 9.17) is 20.4 Å². The first-order chi connectivity index (χ1) is 8.21. The Morgan fingerprint density at radius 3 is 2.71 bits per heavy atom. The van der Waals surface area contributed by atoms with Crippen molar-refractivity contribution < 1.29 is 14.7 Å². The Hall–Kier alpha value is -1.91. The van der Waals surface area contributed by atoms with E-state index in [1.165, 1.54) is 0 Å². The van der Waals surface area contributed by atoms with E-state index >= 15 is 0 Å². The van der Waals surface area contributed by atoms with Crippen molar-refractivity contribution in [1.82, 2.24) is 0 Å². The first-order valence-electron chi connectivity index (χ1n) is 5.58. The Kier molecular flexibility index (Phi) is 5.13. The van der Waals surface area contributed by atoms with Crippen LogP contribution in [0.15, 0.2) is 29.4 Å². The third-order valence-electron chi connectivity index (χ3n) is 2.21. The van der Waals surface area contributed by atoms with Crippen molar-refractivity contribution in [2.24, 2.45) is 10.9 Å². The zero-order valence-corrected chi connectivity index (χ0v) is 10.1. The van der Waals surface area contributed by atoms with Crippen molar-refractivity contribution >= 4 is 5.84 Å². The fourth-order valence-electron chi connectivity index (χ4n) is 1.39. The summed E-state index contributed by atoms with van der Waals surface area (Å²) in [7, 11) is 0. The third kappa shape index (κ3) is 3.86.